The van der Waals surface area contributed by atoms with Crippen LogP contribution in [0.5, 0.6) is 0 Å². The van der Waals surface area contributed by atoms with Gasteiger partial charge in [-0.15, -0.1) is 0 Å². The molecule has 0 spiro atoms. The first-order chi connectivity index (χ1) is 6.19. The highest BCUT2D eigenvalue weighted by Gasteiger charge is 2.38. The van der Waals surface area contributed by atoms with E-state index in [0.29, 0.717) is 13.0 Å². The first kappa shape index (κ1) is 10.5. The molecule has 1 heterocycles. The minimum Gasteiger partial charge on any atom is -0.481 e. The molecule has 1 aliphatic rings. The molecule has 0 radical (unpaired) electrons. The van der Waals surface area contributed by atoms with Crippen molar-refractivity contribution in [2.45, 2.75) is 32.0 Å². The van der Waals surface area contributed by atoms with E-state index in [2.05, 4.69) is 0 Å². The summed E-state index contributed by atoms with van der Waals surface area (Å²) in [5.74, 6) is -1.18. The molecule has 1 N–H and O–H groups in total. The third-order valence-corrected chi connectivity index (χ3v) is 2.44. The molecule has 3 atom stereocenters. The zero-order valence-electron chi connectivity index (χ0n) is 8.03. The van der Waals surface area contributed by atoms with Gasteiger partial charge in [-0.2, -0.15) is 0 Å². The van der Waals surface area contributed by atoms with E-state index in [0.717, 1.165) is 6.42 Å². The minimum absolute atomic E-state index is 0.0845. The molecule has 0 aliphatic carbocycles. The summed E-state index contributed by atoms with van der Waals surface area (Å²) in [5.41, 5.74) is 0. The SMILES string of the molecule is CCC1CC(C(=O)O)C(COC)O1. The van der Waals surface area contributed by atoms with Crippen molar-refractivity contribution in [2.75, 3.05) is 13.7 Å². The van der Waals surface area contributed by atoms with E-state index in [-0.39, 0.29) is 12.2 Å². The zero-order chi connectivity index (χ0) is 9.84. The van der Waals surface area contributed by atoms with Crippen LogP contribution in [0.15, 0.2) is 0 Å². The van der Waals surface area contributed by atoms with Gasteiger partial charge in [-0.1, -0.05) is 6.92 Å². The van der Waals surface area contributed by atoms with E-state index in [1.54, 1.807) is 7.11 Å². The third kappa shape index (κ3) is 2.42. The van der Waals surface area contributed by atoms with Gasteiger partial charge in [0.1, 0.15) is 0 Å². The number of aliphatic carboxylic acids is 1. The van der Waals surface area contributed by atoms with Crippen molar-refractivity contribution in [2.24, 2.45) is 5.92 Å². The van der Waals surface area contributed by atoms with Crippen LogP contribution in [0.4, 0.5) is 0 Å². The summed E-state index contributed by atoms with van der Waals surface area (Å²) in [4.78, 5) is 10.8. The van der Waals surface area contributed by atoms with Gasteiger partial charge >= 0.3 is 5.97 Å². The average Bonchev–Trinajstić information content (AvgIpc) is 2.48. The first-order valence-corrected chi connectivity index (χ1v) is 4.56. The number of carboxylic acids is 1. The summed E-state index contributed by atoms with van der Waals surface area (Å²) in [6.45, 7) is 2.37. The lowest BCUT2D eigenvalue weighted by atomic mass is 9.99. The lowest BCUT2D eigenvalue weighted by Gasteiger charge is -2.13. The molecule has 0 aromatic heterocycles. The molecule has 0 aromatic carbocycles. The second kappa shape index (κ2) is 4.58. The Hall–Kier alpha value is -0.610. The lowest BCUT2D eigenvalue weighted by Crippen LogP contribution is -2.27. The summed E-state index contributed by atoms with van der Waals surface area (Å²) in [7, 11) is 1.56. The largest absolute Gasteiger partial charge is 0.481 e. The molecule has 3 unspecified atom stereocenters. The fourth-order valence-corrected chi connectivity index (χ4v) is 1.68. The van der Waals surface area contributed by atoms with E-state index in [4.69, 9.17) is 14.6 Å². The van der Waals surface area contributed by atoms with Crippen molar-refractivity contribution in [1.29, 1.82) is 0 Å². The van der Waals surface area contributed by atoms with Gasteiger partial charge in [0.25, 0.3) is 0 Å². The molecule has 1 saturated heterocycles. The van der Waals surface area contributed by atoms with E-state index in [9.17, 15) is 4.79 Å². The van der Waals surface area contributed by atoms with E-state index >= 15 is 0 Å². The van der Waals surface area contributed by atoms with E-state index < -0.39 is 11.9 Å². The number of hydrogen-bond acceptors (Lipinski definition) is 3. The fourth-order valence-electron chi connectivity index (χ4n) is 1.68. The summed E-state index contributed by atoms with van der Waals surface area (Å²) in [6, 6.07) is 0. The molecule has 0 saturated carbocycles. The van der Waals surface area contributed by atoms with Gasteiger partial charge in [-0.05, 0) is 12.8 Å². The molecule has 4 heteroatoms. The van der Waals surface area contributed by atoms with Crippen molar-refractivity contribution in [3.8, 4) is 0 Å². The maximum absolute atomic E-state index is 10.8. The van der Waals surface area contributed by atoms with Crippen LogP contribution in [0.3, 0.4) is 0 Å². The maximum Gasteiger partial charge on any atom is 0.309 e. The van der Waals surface area contributed by atoms with Crippen LogP contribution in [0.1, 0.15) is 19.8 Å². The fraction of sp³-hybridized carbons (Fsp3) is 0.889. The highest BCUT2D eigenvalue weighted by molar-refractivity contribution is 5.71. The highest BCUT2D eigenvalue weighted by atomic mass is 16.5. The Labute approximate surface area is 77.8 Å². The van der Waals surface area contributed by atoms with E-state index in [1.165, 1.54) is 0 Å². The number of methoxy groups -OCH3 is 1. The minimum atomic E-state index is -0.780. The predicted octanol–water partition coefficient (Wildman–Crippen LogP) is 0.901. The molecule has 76 valence electrons. The van der Waals surface area contributed by atoms with E-state index in [1.807, 2.05) is 6.92 Å². The van der Waals surface area contributed by atoms with Crippen molar-refractivity contribution in [3.63, 3.8) is 0 Å². The number of rotatable bonds is 4. The standard InChI is InChI=1S/C9H16O4/c1-3-6-4-7(9(10)11)8(13-6)5-12-2/h6-8H,3-5H2,1-2H3,(H,10,11). The van der Waals surface area contributed by atoms with Gasteiger partial charge < -0.3 is 14.6 Å². The Morgan fingerprint density at radius 1 is 1.69 bits per heavy atom. The topological polar surface area (TPSA) is 55.8 Å². The Morgan fingerprint density at radius 3 is 2.85 bits per heavy atom. The summed E-state index contributed by atoms with van der Waals surface area (Å²) < 4.78 is 10.4. The zero-order valence-corrected chi connectivity index (χ0v) is 8.03. The Kier molecular flexibility index (Phi) is 3.69. The van der Waals surface area contributed by atoms with Crippen LogP contribution < -0.4 is 0 Å². The van der Waals surface area contributed by atoms with Crippen LogP contribution >= 0.6 is 0 Å². The van der Waals surface area contributed by atoms with Crippen molar-refractivity contribution in [1.82, 2.24) is 0 Å². The monoisotopic (exact) mass is 188 g/mol. The molecule has 0 aromatic rings. The summed E-state index contributed by atoms with van der Waals surface area (Å²) in [6.07, 6.45) is 1.29. The number of hydrogen-bond donors (Lipinski definition) is 1. The highest BCUT2D eigenvalue weighted by Crippen LogP contribution is 2.28. The van der Waals surface area contributed by atoms with Crippen LogP contribution in [-0.2, 0) is 14.3 Å². The number of ether oxygens (including phenoxy) is 2. The molecular formula is C9H16O4. The van der Waals surface area contributed by atoms with Crippen LogP contribution in [0.2, 0.25) is 0 Å². The number of carboxylic acid groups (broad SMARTS) is 1. The van der Waals surface area contributed by atoms with Gasteiger partial charge in [0, 0.05) is 7.11 Å². The Balaban J connectivity index is 2.54. The quantitative estimate of drug-likeness (QED) is 0.712. The molecule has 1 aliphatic heterocycles. The van der Waals surface area contributed by atoms with Gasteiger partial charge in [0.15, 0.2) is 0 Å². The van der Waals surface area contributed by atoms with Crippen molar-refractivity contribution >= 4 is 5.97 Å². The molecule has 4 nitrogen and oxygen atoms in total. The molecule has 0 bridgehead atoms. The lowest BCUT2D eigenvalue weighted by molar-refractivity contribution is -0.144. The molecule has 0 amide bonds. The number of carbonyl (C=O) groups is 1. The third-order valence-electron chi connectivity index (χ3n) is 2.44. The van der Waals surface area contributed by atoms with Crippen LogP contribution in [0, 0.1) is 5.92 Å². The maximum atomic E-state index is 10.8. The van der Waals surface area contributed by atoms with Crippen LogP contribution in [-0.4, -0.2) is 37.0 Å². The summed E-state index contributed by atoms with van der Waals surface area (Å²) >= 11 is 0. The molecule has 1 fully saturated rings. The normalized spacial score (nSPS) is 33.5. The second-order valence-corrected chi connectivity index (χ2v) is 3.34. The average molecular weight is 188 g/mol. The van der Waals surface area contributed by atoms with Crippen LogP contribution in [0.25, 0.3) is 0 Å². The van der Waals surface area contributed by atoms with Crippen molar-refractivity contribution in [3.05, 3.63) is 0 Å². The van der Waals surface area contributed by atoms with Gasteiger partial charge in [-0.25, -0.2) is 0 Å². The Morgan fingerprint density at radius 2 is 2.38 bits per heavy atom. The van der Waals surface area contributed by atoms with Gasteiger partial charge in [0.2, 0.25) is 0 Å². The van der Waals surface area contributed by atoms with Crippen molar-refractivity contribution < 1.29 is 19.4 Å². The van der Waals surface area contributed by atoms with Gasteiger partial charge in [-0.3, -0.25) is 4.79 Å². The second-order valence-electron chi connectivity index (χ2n) is 3.34. The Bertz CT molecular complexity index is 180. The molecule has 13 heavy (non-hydrogen) atoms. The summed E-state index contributed by atoms with van der Waals surface area (Å²) in [5, 5.41) is 8.89. The predicted molar refractivity (Wildman–Crippen MR) is 46.6 cm³/mol. The first-order valence-electron chi connectivity index (χ1n) is 4.56. The molecule has 1 rings (SSSR count). The molecular weight excluding hydrogens is 172 g/mol. The smallest absolute Gasteiger partial charge is 0.309 e. The van der Waals surface area contributed by atoms with Gasteiger partial charge in [0.05, 0.1) is 24.7 Å².